The predicted molar refractivity (Wildman–Crippen MR) is 118 cm³/mol. The van der Waals surface area contributed by atoms with Crippen molar-refractivity contribution in [3.05, 3.63) is 71.9 Å². The molecule has 4 rings (SSSR count). The van der Waals surface area contributed by atoms with Gasteiger partial charge in [-0.1, -0.05) is 48.5 Å². The van der Waals surface area contributed by atoms with E-state index in [9.17, 15) is 4.79 Å². The number of benzene rings is 2. The largest absolute Gasteiger partial charge is 0.334 e. The van der Waals surface area contributed by atoms with Gasteiger partial charge in [-0.05, 0) is 50.4 Å². The van der Waals surface area contributed by atoms with Crippen LogP contribution in [0.3, 0.4) is 0 Å². The monoisotopic (exact) mass is 388 g/mol. The van der Waals surface area contributed by atoms with E-state index in [1.54, 1.807) is 0 Å². The number of aromatic nitrogens is 1. The second-order valence-electron chi connectivity index (χ2n) is 7.80. The van der Waals surface area contributed by atoms with Crippen LogP contribution in [0.25, 0.3) is 10.9 Å². The van der Waals surface area contributed by atoms with Crippen LogP contribution >= 0.6 is 0 Å². The van der Waals surface area contributed by atoms with Crippen molar-refractivity contribution in [3.8, 4) is 0 Å². The molecule has 150 valence electrons. The number of hydrogen-bond acceptors (Lipinski definition) is 3. The molecular formula is C24H28N4O. The SMILES string of the molecule is Cc1cc(NC(=O)NC2CCN(CCCc3ccccc3)C2)c2ccccc2n1. The number of likely N-dealkylation sites (tertiary alicyclic amines) is 1. The first-order valence-corrected chi connectivity index (χ1v) is 10.4. The zero-order valence-corrected chi connectivity index (χ0v) is 16.9. The second kappa shape index (κ2) is 9.05. The Bertz CT molecular complexity index is 973. The maximum absolute atomic E-state index is 12.6. The number of rotatable bonds is 6. The highest BCUT2D eigenvalue weighted by atomic mass is 16.2. The van der Waals surface area contributed by atoms with E-state index in [1.165, 1.54) is 5.56 Å². The fourth-order valence-electron chi connectivity index (χ4n) is 4.06. The number of urea groups is 1. The number of aryl methyl sites for hydroxylation is 2. The quantitative estimate of drug-likeness (QED) is 0.659. The third-order valence-electron chi connectivity index (χ3n) is 5.48. The van der Waals surface area contributed by atoms with Gasteiger partial charge >= 0.3 is 6.03 Å². The van der Waals surface area contributed by atoms with Crippen molar-refractivity contribution in [1.29, 1.82) is 0 Å². The van der Waals surface area contributed by atoms with E-state index in [-0.39, 0.29) is 12.1 Å². The number of hydrogen-bond donors (Lipinski definition) is 2. The van der Waals surface area contributed by atoms with Crippen LogP contribution in [-0.2, 0) is 6.42 Å². The van der Waals surface area contributed by atoms with E-state index in [1.807, 2.05) is 37.3 Å². The molecule has 0 spiro atoms. The summed E-state index contributed by atoms with van der Waals surface area (Å²) in [7, 11) is 0. The Morgan fingerprint density at radius 3 is 2.79 bits per heavy atom. The van der Waals surface area contributed by atoms with Gasteiger partial charge in [0, 0.05) is 30.2 Å². The third kappa shape index (κ3) is 5.12. The molecule has 5 nitrogen and oxygen atoms in total. The van der Waals surface area contributed by atoms with Crippen molar-refractivity contribution < 1.29 is 4.79 Å². The number of nitrogens with zero attached hydrogens (tertiary/aromatic N) is 2. The molecule has 0 radical (unpaired) electrons. The molecule has 3 aromatic rings. The molecule has 29 heavy (non-hydrogen) atoms. The summed E-state index contributed by atoms with van der Waals surface area (Å²) in [4.78, 5) is 19.5. The van der Waals surface area contributed by atoms with Gasteiger partial charge in [-0.15, -0.1) is 0 Å². The van der Waals surface area contributed by atoms with E-state index in [2.05, 4.69) is 50.8 Å². The third-order valence-corrected chi connectivity index (χ3v) is 5.48. The molecule has 1 fully saturated rings. The number of anilines is 1. The zero-order chi connectivity index (χ0) is 20.1. The molecule has 0 saturated carbocycles. The first-order valence-electron chi connectivity index (χ1n) is 10.4. The number of carbonyl (C=O) groups excluding carboxylic acids is 1. The summed E-state index contributed by atoms with van der Waals surface area (Å²) in [5, 5.41) is 7.12. The number of amides is 2. The molecule has 1 saturated heterocycles. The smallest absolute Gasteiger partial charge is 0.319 e. The Hall–Kier alpha value is -2.92. The van der Waals surface area contributed by atoms with Crippen molar-refractivity contribution in [1.82, 2.24) is 15.2 Å². The lowest BCUT2D eigenvalue weighted by atomic mass is 10.1. The lowest BCUT2D eigenvalue weighted by molar-refractivity contribution is 0.247. The molecular weight excluding hydrogens is 360 g/mol. The van der Waals surface area contributed by atoms with Gasteiger partial charge in [0.2, 0.25) is 0 Å². The standard InChI is InChI=1S/C24H28N4O/c1-18-16-23(21-11-5-6-12-22(21)25-18)27-24(29)26-20-13-15-28(17-20)14-7-10-19-8-3-2-4-9-19/h2-6,8-9,11-12,16,20H,7,10,13-15,17H2,1H3,(H2,25,26,27,29). The molecule has 5 heteroatoms. The molecule has 1 aliphatic rings. The van der Waals surface area contributed by atoms with E-state index in [4.69, 9.17) is 0 Å². The molecule has 2 aromatic carbocycles. The summed E-state index contributed by atoms with van der Waals surface area (Å²) in [5.41, 5.74) is 3.99. The Kier molecular flexibility index (Phi) is 6.06. The Labute approximate surface area is 172 Å². The minimum atomic E-state index is -0.142. The second-order valence-corrected chi connectivity index (χ2v) is 7.80. The summed E-state index contributed by atoms with van der Waals surface area (Å²) in [5.74, 6) is 0. The van der Waals surface area contributed by atoms with Crippen LogP contribution in [0.2, 0.25) is 0 Å². The van der Waals surface area contributed by atoms with Gasteiger partial charge < -0.3 is 15.5 Å². The van der Waals surface area contributed by atoms with Crippen LogP contribution in [0, 0.1) is 6.92 Å². The topological polar surface area (TPSA) is 57.3 Å². The summed E-state index contributed by atoms with van der Waals surface area (Å²) >= 11 is 0. The summed E-state index contributed by atoms with van der Waals surface area (Å²) in [6.07, 6.45) is 3.24. The lowest BCUT2D eigenvalue weighted by Crippen LogP contribution is -2.39. The van der Waals surface area contributed by atoms with Gasteiger partial charge in [0.1, 0.15) is 0 Å². The van der Waals surface area contributed by atoms with Gasteiger partial charge in [-0.3, -0.25) is 4.98 Å². The van der Waals surface area contributed by atoms with Crippen molar-refractivity contribution in [2.45, 2.75) is 32.2 Å². The van der Waals surface area contributed by atoms with Crippen LogP contribution in [0.5, 0.6) is 0 Å². The fourth-order valence-corrected chi connectivity index (χ4v) is 4.06. The first-order chi connectivity index (χ1) is 14.2. The highest BCUT2D eigenvalue weighted by Gasteiger charge is 2.23. The van der Waals surface area contributed by atoms with Gasteiger partial charge in [0.15, 0.2) is 0 Å². The molecule has 1 atom stereocenters. The van der Waals surface area contributed by atoms with Crippen LogP contribution in [0.4, 0.5) is 10.5 Å². The van der Waals surface area contributed by atoms with E-state index >= 15 is 0 Å². The maximum Gasteiger partial charge on any atom is 0.319 e. The van der Waals surface area contributed by atoms with Crippen molar-refractivity contribution in [2.75, 3.05) is 25.0 Å². The average Bonchev–Trinajstić information content (AvgIpc) is 3.15. The van der Waals surface area contributed by atoms with Crippen LogP contribution in [-0.4, -0.2) is 41.6 Å². The number of carbonyl (C=O) groups is 1. The molecule has 2 heterocycles. The number of nitrogens with one attached hydrogen (secondary N) is 2. The molecule has 0 aliphatic carbocycles. The molecule has 1 aromatic heterocycles. The Morgan fingerprint density at radius 1 is 1.14 bits per heavy atom. The fraction of sp³-hybridized carbons (Fsp3) is 0.333. The van der Waals surface area contributed by atoms with Gasteiger partial charge in [-0.2, -0.15) is 0 Å². The first kappa shape index (κ1) is 19.4. The minimum Gasteiger partial charge on any atom is -0.334 e. The number of pyridine rings is 1. The number of para-hydroxylation sites is 1. The molecule has 0 bridgehead atoms. The van der Waals surface area contributed by atoms with Crippen molar-refractivity contribution >= 4 is 22.6 Å². The van der Waals surface area contributed by atoms with Crippen LogP contribution in [0.1, 0.15) is 24.1 Å². The van der Waals surface area contributed by atoms with Gasteiger partial charge in [0.05, 0.1) is 11.2 Å². The summed E-state index contributed by atoms with van der Waals surface area (Å²) < 4.78 is 0. The van der Waals surface area contributed by atoms with Gasteiger partial charge in [-0.25, -0.2) is 4.79 Å². The maximum atomic E-state index is 12.6. The Balaban J connectivity index is 1.27. The summed E-state index contributed by atoms with van der Waals surface area (Å²) in [6, 6.07) is 20.5. The highest BCUT2D eigenvalue weighted by molar-refractivity contribution is 6.00. The van der Waals surface area contributed by atoms with E-state index in [0.29, 0.717) is 0 Å². The van der Waals surface area contributed by atoms with Crippen molar-refractivity contribution in [2.24, 2.45) is 0 Å². The molecule has 2 N–H and O–H groups in total. The lowest BCUT2D eigenvalue weighted by Gasteiger charge is -2.17. The molecule has 1 unspecified atom stereocenters. The van der Waals surface area contributed by atoms with E-state index < -0.39 is 0 Å². The van der Waals surface area contributed by atoms with E-state index in [0.717, 1.165) is 61.2 Å². The zero-order valence-electron chi connectivity index (χ0n) is 16.9. The molecule has 2 amide bonds. The average molecular weight is 389 g/mol. The number of fused-ring (bicyclic) bond motifs is 1. The Morgan fingerprint density at radius 2 is 1.93 bits per heavy atom. The van der Waals surface area contributed by atoms with Crippen molar-refractivity contribution in [3.63, 3.8) is 0 Å². The highest BCUT2D eigenvalue weighted by Crippen LogP contribution is 2.23. The molecule has 1 aliphatic heterocycles. The summed E-state index contributed by atoms with van der Waals surface area (Å²) in [6.45, 7) is 4.97. The van der Waals surface area contributed by atoms with Crippen LogP contribution < -0.4 is 10.6 Å². The van der Waals surface area contributed by atoms with Gasteiger partial charge in [0.25, 0.3) is 0 Å². The van der Waals surface area contributed by atoms with Crippen LogP contribution in [0.15, 0.2) is 60.7 Å². The predicted octanol–water partition coefficient (Wildman–Crippen LogP) is 4.37. The minimum absolute atomic E-state index is 0.142. The normalized spacial score (nSPS) is 16.8.